The van der Waals surface area contributed by atoms with E-state index in [4.69, 9.17) is 16.3 Å². The summed E-state index contributed by atoms with van der Waals surface area (Å²) in [5.74, 6) is -0.565. The predicted octanol–water partition coefficient (Wildman–Crippen LogP) is 5.11. The number of aromatic nitrogens is 1. The molecule has 0 spiro atoms. The van der Waals surface area contributed by atoms with E-state index in [2.05, 4.69) is 11.1 Å². The maximum Gasteiger partial charge on any atom is 0.325 e. The molecule has 1 unspecified atom stereocenters. The molecule has 1 atom stereocenters. The van der Waals surface area contributed by atoms with Gasteiger partial charge in [0.1, 0.15) is 5.82 Å². The number of nitrogens with zero attached hydrogens (tertiary/aromatic N) is 3. The van der Waals surface area contributed by atoms with Gasteiger partial charge in [0.2, 0.25) is 0 Å². The second-order valence-corrected chi connectivity index (χ2v) is 9.19. The van der Waals surface area contributed by atoms with E-state index in [9.17, 15) is 14.0 Å². The maximum absolute atomic E-state index is 13.5. The Kier molecular flexibility index (Phi) is 5.81. The van der Waals surface area contributed by atoms with Crippen molar-refractivity contribution in [2.75, 3.05) is 13.7 Å². The van der Waals surface area contributed by atoms with Crippen molar-refractivity contribution in [3.05, 3.63) is 82.4 Å². The van der Waals surface area contributed by atoms with Gasteiger partial charge in [0.25, 0.3) is 0 Å². The number of urea groups is 1. The molecule has 2 aliphatic rings. The van der Waals surface area contributed by atoms with E-state index in [0.29, 0.717) is 37.5 Å². The van der Waals surface area contributed by atoms with Gasteiger partial charge in [0, 0.05) is 47.7 Å². The van der Waals surface area contributed by atoms with Crippen molar-refractivity contribution < 1.29 is 18.7 Å². The molecular weight excluding hydrogens is 457 g/mol. The van der Waals surface area contributed by atoms with E-state index in [1.54, 1.807) is 17.0 Å². The normalized spacial score (nSPS) is 17.3. The van der Waals surface area contributed by atoms with Crippen molar-refractivity contribution in [2.24, 2.45) is 0 Å². The fourth-order valence-corrected chi connectivity index (χ4v) is 5.23. The minimum atomic E-state index is -0.290. The van der Waals surface area contributed by atoms with Gasteiger partial charge in [-0.25, -0.2) is 9.18 Å². The lowest BCUT2D eigenvalue weighted by Crippen LogP contribution is -2.39. The Morgan fingerprint density at radius 2 is 2.00 bits per heavy atom. The zero-order valence-electron chi connectivity index (χ0n) is 18.9. The molecule has 1 aromatic heterocycles. The summed E-state index contributed by atoms with van der Waals surface area (Å²) in [6.45, 7) is 5.64. The number of carbonyl (C=O) groups excluding carboxylic acids is 2. The molecular formula is C26H25ClFN3O3. The predicted molar refractivity (Wildman–Crippen MR) is 128 cm³/mol. The third-order valence-electron chi connectivity index (χ3n) is 6.80. The molecule has 8 heteroatoms. The number of carbonyl (C=O) groups is 2. The topological polar surface area (TPSA) is 54.8 Å². The number of halogens is 2. The smallest absolute Gasteiger partial charge is 0.325 e. The Bertz CT molecular complexity index is 1300. The van der Waals surface area contributed by atoms with Crippen molar-refractivity contribution in [2.45, 2.75) is 38.4 Å². The van der Waals surface area contributed by atoms with Gasteiger partial charge in [0.15, 0.2) is 0 Å². The third kappa shape index (κ3) is 3.84. The number of ether oxygens (including phenoxy) is 1. The fourth-order valence-electron chi connectivity index (χ4n) is 5.06. The number of esters is 1. The fraction of sp³-hybridized carbons (Fsp3) is 0.308. The molecule has 1 saturated heterocycles. The number of fused-ring (bicyclic) bond motifs is 4. The number of benzene rings is 2. The Balaban J connectivity index is 1.48. The molecule has 0 saturated carbocycles. The van der Waals surface area contributed by atoms with Crippen LogP contribution in [0.3, 0.4) is 0 Å². The van der Waals surface area contributed by atoms with E-state index in [0.717, 1.165) is 27.9 Å². The van der Waals surface area contributed by atoms with Gasteiger partial charge in [-0.2, -0.15) is 0 Å². The van der Waals surface area contributed by atoms with E-state index >= 15 is 0 Å². The van der Waals surface area contributed by atoms with E-state index < -0.39 is 0 Å². The van der Waals surface area contributed by atoms with Crippen LogP contribution in [0.4, 0.5) is 9.18 Å². The molecule has 176 valence electrons. The molecule has 3 aromatic rings. The molecule has 0 bridgehead atoms. The highest BCUT2D eigenvalue weighted by Crippen LogP contribution is 2.40. The largest absolute Gasteiger partial charge is 0.469 e. The van der Waals surface area contributed by atoms with Gasteiger partial charge in [-0.15, -0.1) is 0 Å². The lowest BCUT2D eigenvalue weighted by molar-refractivity contribution is -0.140. The standard InChI is InChI=1S/C26H25ClFN3O3/c1-16-22-13-21-20-10-7-18(27)12-23(20)30(14-17-5-8-19(28)9-6-17)24(21)15-31(22)26(33)29(16)11-3-4-25(32)34-2/h5-10,12,22H,1,3-4,11,13-15H2,2H3. The van der Waals surface area contributed by atoms with Crippen LogP contribution in [-0.2, 0) is 29.0 Å². The van der Waals surface area contributed by atoms with Crippen molar-refractivity contribution in [1.29, 1.82) is 0 Å². The zero-order chi connectivity index (χ0) is 24.0. The van der Waals surface area contributed by atoms with Crippen LogP contribution in [0.2, 0.25) is 5.02 Å². The summed E-state index contributed by atoms with van der Waals surface area (Å²) < 4.78 is 20.3. The second kappa shape index (κ2) is 8.80. The van der Waals surface area contributed by atoms with E-state index in [1.165, 1.54) is 24.8 Å². The highest BCUT2D eigenvalue weighted by Gasteiger charge is 2.44. The molecule has 6 nitrogen and oxygen atoms in total. The van der Waals surface area contributed by atoms with Crippen LogP contribution >= 0.6 is 11.6 Å². The molecule has 2 amide bonds. The summed E-state index contributed by atoms with van der Waals surface area (Å²) >= 11 is 6.34. The molecule has 2 aliphatic heterocycles. The molecule has 0 N–H and O–H groups in total. The van der Waals surface area contributed by atoms with Crippen molar-refractivity contribution in [3.8, 4) is 0 Å². The highest BCUT2D eigenvalue weighted by molar-refractivity contribution is 6.31. The van der Waals surface area contributed by atoms with Crippen LogP contribution in [-0.4, -0.2) is 46.1 Å². The van der Waals surface area contributed by atoms with Crippen LogP contribution in [0.25, 0.3) is 10.9 Å². The Hall–Kier alpha value is -3.32. The third-order valence-corrected chi connectivity index (χ3v) is 7.03. The minimum Gasteiger partial charge on any atom is -0.469 e. The average molecular weight is 482 g/mol. The summed E-state index contributed by atoms with van der Waals surface area (Å²) in [5, 5.41) is 1.74. The molecule has 0 aliphatic carbocycles. The summed E-state index contributed by atoms with van der Waals surface area (Å²) in [4.78, 5) is 28.3. The number of hydrogen-bond donors (Lipinski definition) is 0. The zero-order valence-corrected chi connectivity index (χ0v) is 19.6. The van der Waals surface area contributed by atoms with Gasteiger partial charge < -0.3 is 14.2 Å². The van der Waals surface area contributed by atoms with Gasteiger partial charge in [0.05, 0.1) is 25.2 Å². The quantitative estimate of drug-likeness (QED) is 0.460. The molecule has 3 heterocycles. The molecule has 5 rings (SSSR count). The summed E-state index contributed by atoms with van der Waals surface area (Å²) in [7, 11) is 1.36. The van der Waals surface area contributed by atoms with Crippen molar-refractivity contribution in [1.82, 2.24) is 14.4 Å². The maximum atomic E-state index is 13.5. The van der Waals surface area contributed by atoms with E-state index in [1.807, 2.05) is 23.1 Å². The van der Waals surface area contributed by atoms with E-state index in [-0.39, 0.29) is 30.3 Å². The number of amides is 2. The van der Waals surface area contributed by atoms with Gasteiger partial charge in [-0.05, 0) is 41.8 Å². The SMILES string of the molecule is C=C1C2Cc3c(n(Cc4ccc(F)cc4)c4cc(Cl)ccc34)CN2C(=O)N1CCCC(=O)OC. The van der Waals surface area contributed by atoms with Crippen LogP contribution in [0.15, 0.2) is 54.7 Å². The Labute approximate surface area is 202 Å². The first-order chi connectivity index (χ1) is 16.4. The summed E-state index contributed by atoms with van der Waals surface area (Å²) in [5.41, 5.74) is 4.95. The molecule has 0 radical (unpaired) electrons. The average Bonchev–Trinajstić information content (AvgIpc) is 3.25. The number of methoxy groups -OCH3 is 1. The van der Waals surface area contributed by atoms with Crippen LogP contribution in [0.5, 0.6) is 0 Å². The van der Waals surface area contributed by atoms with Gasteiger partial charge in [-0.1, -0.05) is 36.4 Å². The highest BCUT2D eigenvalue weighted by atomic mass is 35.5. The molecule has 34 heavy (non-hydrogen) atoms. The van der Waals surface area contributed by atoms with Gasteiger partial charge >= 0.3 is 12.0 Å². The van der Waals surface area contributed by atoms with Crippen LogP contribution in [0, 0.1) is 5.82 Å². The van der Waals surface area contributed by atoms with Crippen molar-refractivity contribution in [3.63, 3.8) is 0 Å². The molecule has 2 aromatic carbocycles. The first-order valence-electron chi connectivity index (χ1n) is 11.2. The summed E-state index contributed by atoms with van der Waals surface area (Å²) in [6, 6.07) is 12.1. The Morgan fingerprint density at radius 1 is 1.24 bits per heavy atom. The van der Waals surface area contributed by atoms with Crippen LogP contribution < -0.4 is 0 Å². The number of hydrogen-bond acceptors (Lipinski definition) is 3. The van der Waals surface area contributed by atoms with Crippen LogP contribution in [0.1, 0.15) is 29.7 Å². The van der Waals surface area contributed by atoms with Crippen molar-refractivity contribution >= 4 is 34.5 Å². The lowest BCUT2D eigenvalue weighted by atomic mass is 9.96. The first kappa shape index (κ1) is 22.5. The minimum absolute atomic E-state index is 0.0952. The van der Waals surface area contributed by atoms with Gasteiger partial charge in [-0.3, -0.25) is 9.69 Å². The molecule has 1 fully saturated rings. The second-order valence-electron chi connectivity index (χ2n) is 8.75. The monoisotopic (exact) mass is 481 g/mol. The Morgan fingerprint density at radius 3 is 2.74 bits per heavy atom. The lowest BCUT2D eigenvalue weighted by Gasteiger charge is -2.29. The first-order valence-corrected chi connectivity index (χ1v) is 11.6. The summed E-state index contributed by atoms with van der Waals surface area (Å²) in [6.07, 6.45) is 1.43. The number of rotatable bonds is 6.